The van der Waals surface area contributed by atoms with E-state index in [0.717, 1.165) is 5.56 Å². The van der Waals surface area contributed by atoms with E-state index in [1.807, 2.05) is 25.1 Å². The SMILES string of the molecule is CC[C@H](C(=O)NC)N(Cc1c(Cl)cccc1Cl)C(=O)CCc1ccccc1Cl. The van der Waals surface area contributed by atoms with Gasteiger partial charge in [-0.3, -0.25) is 9.59 Å². The highest BCUT2D eigenvalue weighted by Gasteiger charge is 2.29. The lowest BCUT2D eigenvalue weighted by Gasteiger charge is -2.31. The Kier molecular flexibility index (Phi) is 8.61. The molecular formula is C21H23Cl3N2O2. The lowest BCUT2D eigenvalue weighted by molar-refractivity contribution is -0.141. The van der Waals surface area contributed by atoms with Crippen molar-refractivity contribution in [2.45, 2.75) is 38.8 Å². The van der Waals surface area contributed by atoms with Gasteiger partial charge >= 0.3 is 0 Å². The normalized spacial score (nSPS) is 11.8. The Morgan fingerprint density at radius 2 is 1.61 bits per heavy atom. The molecule has 1 N–H and O–H groups in total. The monoisotopic (exact) mass is 440 g/mol. The highest BCUT2D eigenvalue weighted by molar-refractivity contribution is 6.36. The zero-order chi connectivity index (χ0) is 20.7. The van der Waals surface area contributed by atoms with Crippen LogP contribution in [0.3, 0.4) is 0 Å². The molecule has 2 aromatic carbocycles. The van der Waals surface area contributed by atoms with Crippen LogP contribution in [0.15, 0.2) is 42.5 Å². The first-order valence-corrected chi connectivity index (χ1v) is 10.2. The van der Waals surface area contributed by atoms with Crippen molar-refractivity contribution >= 4 is 46.6 Å². The smallest absolute Gasteiger partial charge is 0.242 e. The minimum atomic E-state index is -0.615. The Balaban J connectivity index is 2.27. The molecule has 1 atom stereocenters. The summed E-state index contributed by atoms with van der Waals surface area (Å²) in [4.78, 5) is 27.0. The standard InChI is InChI=1S/C21H23Cl3N2O2/c1-3-19(21(28)25-2)26(13-15-17(23)9-6-10-18(15)24)20(27)12-11-14-7-4-5-8-16(14)22/h4-10,19H,3,11-13H2,1-2H3,(H,25,28)/t19-/m1/s1. The van der Waals surface area contributed by atoms with Gasteiger partial charge in [-0.25, -0.2) is 0 Å². The Morgan fingerprint density at radius 3 is 2.18 bits per heavy atom. The molecule has 0 radical (unpaired) electrons. The molecule has 0 unspecified atom stereocenters. The van der Waals surface area contributed by atoms with E-state index >= 15 is 0 Å². The first-order valence-electron chi connectivity index (χ1n) is 9.06. The lowest BCUT2D eigenvalue weighted by Crippen LogP contribution is -2.48. The molecule has 0 fully saturated rings. The van der Waals surface area contributed by atoms with Gasteiger partial charge < -0.3 is 10.2 Å². The molecule has 7 heteroatoms. The summed E-state index contributed by atoms with van der Waals surface area (Å²) in [5.74, 6) is -0.386. The molecule has 150 valence electrons. The number of carbonyl (C=O) groups excluding carboxylic acids is 2. The second-order valence-corrected chi connectivity index (χ2v) is 7.57. The fourth-order valence-electron chi connectivity index (χ4n) is 3.03. The van der Waals surface area contributed by atoms with Crippen molar-refractivity contribution in [1.29, 1.82) is 0 Å². The van der Waals surface area contributed by atoms with E-state index in [4.69, 9.17) is 34.8 Å². The van der Waals surface area contributed by atoms with E-state index in [9.17, 15) is 9.59 Å². The van der Waals surface area contributed by atoms with E-state index < -0.39 is 6.04 Å². The summed E-state index contributed by atoms with van der Waals surface area (Å²) in [6.45, 7) is 2.02. The van der Waals surface area contributed by atoms with Crippen molar-refractivity contribution in [3.05, 3.63) is 68.7 Å². The predicted molar refractivity (Wildman–Crippen MR) is 115 cm³/mol. The highest BCUT2D eigenvalue weighted by Crippen LogP contribution is 2.27. The van der Waals surface area contributed by atoms with Crippen LogP contribution in [0.1, 0.15) is 30.9 Å². The second kappa shape index (κ2) is 10.7. The largest absolute Gasteiger partial charge is 0.357 e. The fourth-order valence-corrected chi connectivity index (χ4v) is 3.77. The number of halogens is 3. The number of nitrogens with one attached hydrogen (secondary N) is 1. The maximum atomic E-state index is 13.1. The van der Waals surface area contributed by atoms with Gasteiger partial charge in [0.1, 0.15) is 6.04 Å². The molecule has 28 heavy (non-hydrogen) atoms. The number of benzene rings is 2. The zero-order valence-electron chi connectivity index (χ0n) is 15.8. The molecule has 0 aromatic heterocycles. The molecule has 0 aliphatic heterocycles. The summed E-state index contributed by atoms with van der Waals surface area (Å²) in [5.41, 5.74) is 1.51. The van der Waals surface area contributed by atoms with Crippen molar-refractivity contribution < 1.29 is 9.59 Å². The van der Waals surface area contributed by atoms with E-state index in [1.165, 1.54) is 0 Å². The molecule has 0 aliphatic carbocycles. The molecule has 0 saturated carbocycles. The van der Waals surface area contributed by atoms with Crippen LogP contribution in [0.5, 0.6) is 0 Å². The molecule has 0 saturated heterocycles. The molecule has 0 heterocycles. The first-order chi connectivity index (χ1) is 13.4. The maximum absolute atomic E-state index is 13.1. The minimum absolute atomic E-state index is 0.159. The molecular weight excluding hydrogens is 419 g/mol. The van der Waals surface area contributed by atoms with Gasteiger partial charge in [-0.05, 0) is 36.6 Å². The first kappa shape index (κ1) is 22.5. The molecule has 2 amide bonds. The van der Waals surface area contributed by atoms with Gasteiger partial charge in [-0.2, -0.15) is 0 Å². The van der Waals surface area contributed by atoms with Gasteiger partial charge in [0.15, 0.2) is 0 Å². The van der Waals surface area contributed by atoms with Crippen LogP contribution in [-0.4, -0.2) is 29.8 Å². The fraction of sp³-hybridized carbons (Fsp3) is 0.333. The summed E-state index contributed by atoms with van der Waals surface area (Å²) in [5, 5.41) is 4.17. The lowest BCUT2D eigenvalue weighted by atomic mass is 10.1. The van der Waals surface area contributed by atoms with E-state index in [1.54, 1.807) is 36.2 Å². The summed E-state index contributed by atoms with van der Waals surface area (Å²) < 4.78 is 0. The van der Waals surface area contributed by atoms with Crippen LogP contribution in [0.2, 0.25) is 15.1 Å². The zero-order valence-corrected chi connectivity index (χ0v) is 18.1. The van der Waals surface area contributed by atoms with Gasteiger partial charge in [-0.1, -0.05) is 66.0 Å². The minimum Gasteiger partial charge on any atom is -0.357 e. The Morgan fingerprint density at radius 1 is 1.00 bits per heavy atom. The molecule has 0 spiro atoms. The molecule has 4 nitrogen and oxygen atoms in total. The van der Waals surface area contributed by atoms with Crippen LogP contribution in [0.4, 0.5) is 0 Å². The molecule has 2 rings (SSSR count). The van der Waals surface area contributed by atoms with Crippen molar-refractivity contribution in [3.63, 3.8) is 0 Å². The van der Waals surface area contributed by atoms with Gasteiger partial charge in [0.2, 0.25) is 11.8 Å². The second-order valence-electron chi connectivity index (χ2n) is 6.35. The molecule has 0 bridgehead atoms. The average Bonchev–Trinajstić information content (AvgIpc) is 2.68. The third-order valence-electron chi connectivity index (χ3n) is 4.59. The third-order valence-corrected chi connectivity index (χ3v) is 5.67. The van der Waals surface area contributed by atoms with Gasteiger partial charge in [-0.15, -0.1) is 0 Å². The number of nitrogens with zero attached hydrogens (tertiary/aromatic N) is 1. The Labute approximate surface area is 180 Å². The number of hydrogen-bond acceptors (Lipinski definition) is 2. The topological polar surface area (TPSA) is 49.4 Å². The quantitative estimate of drug-likeness (QED) is 0.617. The third kappa shape index (κ3) is 5.63. The van der Waals surface area contributed by atoms with Crippen LogP contribution in [-0.2, 0) is 22.6 Å². The Bertz CT molecular complexity index is 822. The van der Waals surface area contributed by atoms with E-state index in [2.05, 4.69) is 5.32 Å². The van der Waals surface area contributed by atoms with Crippen molar-refractivity contribution in [3.8, 4) is 0 Å². The number of likely N-dealkylation sites (N-methyl/N-ethyl adjacent to an activating group) is 1. The van der Waals surface area contributed by atoms with Crippen LogP contribution in [0, 0.1) is 0 Å². The number of hydrogen-bond donors (Lipinski definition) is 1. The van der Waals surface area contributed by atoms with Crippen LogP contribution in [0.25, 0.3) is 0 Å². The van der Waals surface area contributed by atoms with Gasteiger partial charge in [0.05, 0.1) is 0 Å². The van der Waals surface area contributed by atoms with Crippen molar-refractivity contribution in [2.75, 3.05) is 7.05 Å². The molecule has 2 aromatic rings. The van der Waals surface area contributed by atoms with Crippen LogP contribution < -0.4 is 5.32 Å². The van der Waals surface area contributed by atoms with Gasteiger partial charge in [0.25, 0.3) is 0 Å². The summed E-state index contributed by atoms with van der Waals surface area (Å²) in [7, 11) is 1.56. The predicted octanol–water partition coefficient (Wildman–Crippen LogP) is 5.13. The maximum Gasteiger partial charge on any atom is 0.242 e. The number of aryl methyl sites for hydroxylation is 1. The average molecular weight is 442 g/mol. The van der Waals surface area contributed by atoms with Crippen LogP contribution >= 0.6 is 34.8 Å². The summed E-state index contributed by atoms with van der Waals surface area (Å²) in [6, 6.07) is 12.0. The number of rotatable bonds is 8. The number of carbonyl (C=O) groups is 2. The van der Waals surface area contributed by atoms with Crippen molar-refractivity contribution in [2.24, 2.45) is 0 Å². The van der Waals surface area contributed by atoms with Gasteiger partial charge in [0, 0.05) is 40.6 Å². The van der Waals surface area contributed by atoms with E-state index in [-0.39, 0.29) is 24.8 Å². The van der Waals surface area contributed by atoms with E-state index in [0.29, 0.717) is 33.5 Å². The Hall–Kier alpha value is -1.75. The number of amides is 2. The molecule has 0 aliphatic rings. The highest BCUT2D eigenvalue weighted by atomic mass is 35.5. The van der Waals surface area contributed by atoms with Crippen molar-refractivity contribution in [1.82, 2.24) is 10.2 Å². The summed E-state index contributed by atoms with van der Waals surface area (Å²) in [6.07, 6.45) is 1.17. The summed E-state index contributed by atoms with van der Waals surface area (Å²) >= 11 is 18.8.